The Morgan fingerprint density at radius 3 is 2.23 bits per heavy atom. The van der Waals surface area contributed by atoms with Gasteiger partial charge in [-0.2, -0.15) is 0 Å². The van der Waals surface area contributed by atoms with E-state index in [4.69, 9.17) is 9.47 Å². The number of amides is 3. The van der Waals surface area contributed by atoms with E-state index in [1.807, 2.05) is 12.1 Å². The number of hydrogen-bond donors (Lipinski definition) is 3. The van der Waals surface area contributed by atoms with Gasteiger partial charge < -0.3 is 25.4 Å². The summed E-state index contributed by atoms with van der Waals surface area (Å²) in [6.07, 6.45) is 2.42. The summed E-state index contributed by atoms with van der Waals surface area (Å²) in [5.74, 6) is 0.00128. The average Bonchev–Trinajstić information content (AvgIpc) is 2.70. The number of hydrogen-bond acceptors (Lipinski definition) is 5. The Balaban J connectivity index is 1.86. The van der Waals surface area contributed by atoms with Crippen molar-refractivity contribution in [1.29, 1.82) is 0 Å². The SMILES string of the molecule is COc1ccc(/C=C/C(=O)Nc2cccc(NC(=O)CNC(=O)OC(C)(C)C)c2)cc1. The minimum Gasteiger partial charge on any atom is -0.497 e. The molecule has 8 nitrogen and oxygen atoms in total. The van der Waals surface area contributed by atoms with Crippen molar-refractivity contribution in [3.63, 3.8) is 0 Å². The van der Waals surface area contributed by atoms with Crippen LogP contribution in [-0.4, -0.2) is 37.2 Å². The van der Waals surface area contributed by atoms with Crippen molar-refractivity contribution in [1.82, 2.24) is 5.32 Å². The molecular formula is C23H27N3O5. The second kappa shape index (κ2) is 10.8. The lowest BCUT2D eigenvalue weighted by molar-refractivity contribution is -0.115. The molecule has 0 saturated carbocycles. The molecule has 0 fully saturated rings. The average molecular weight is 425 g/mol. The molecule has 0 aromatic heterocycles. The maximum Gasteiger partial charge on any atom is 0.408 e. The van der Waals surface area contributed by atoms with E-state index in [9.17, 15) is 14.4 Å². The third-order valence-corrected chi connectivity index (χ3v) is 3.75. The molecule has 0 unspecified atom stereocenters. The quantitative estimate of drug-likeness (QED) is 0.585. The van der Waals surface area contributed by atoms with Gasteiger partial charge in [-0.25, -0.2) is 4.79 Å². The van der Waals surface area contributed by atoms with Crippen LogP contribution < -0.4 is 20.7 Å². The van der Waals surface area contributed by atoms with Crippen LogP contribution in [0.3, 0.4) is 0 Å². The van der Waals surface area contributed by atoms with Crippen LogP contribution in [0.4, 0.5) is 16.2 Å². The Bertz CT molecular complexity index is 946. The molecule has 31 heavy (non-hydrogen) atoms. The van der Waals surface area contributed by atoms with Crippen LogP contribution >= 0.6 is 0 Å². The highest BCUT2D eigenvalue weighted by molar-refractivity contribution is 6.02. The third-order valence-electron chi connectivity index (χ3n) is 3.75. The Kier molecular flexibility index (Phi) is 8.19. The summed E-state index contributed by atoms with van der Waals surface area (Å²) in [5.41, 5.74) is 1.21. The van der Waals surface area contributed by atoms with Crippen LogP contribution in [0.2, 0.25) is 0 Å². The Morgan fingerprint density at radius 2 is 1.61 bits per heavy atom. The van der Waals surface area contributed by atoms with Crippen molar-refractivity contribution >= 4 is 35.4 Å². The normalized spacial score (nSPS) is 11.0. The van der Waals surface area contributed by atoms with E-state index < -0.39 is 17.6 Å². The number of alkyl carbamates (subject to hydrolysis) is 1. The molecular weight excluding hydrogens is 398 g/mol. The van der Waals surface area contributed by atoms with E-state index in [1.165, 1.54) is 6.08 Å². The highest BCUT2D eigenvalue weighted by atomic mass is 16.6. The van der Waals surface area contributed by atoms with Crippen molar-refractivity contribution < 1.29 is 23.9 Å². The maximum atomic E-state index is 12.2. The van der Waals surface area contributed by atoms with Crippen LogP contribution in [0.15, 0.2) is 54.6 Å². The lowest BCUT2D eigenvalue weighted by Crippen LogP contribution is -2.37. The number of anilines is 2. The Morgan fingerprint density at radius 1 is 0.968 bits per heavy atom. The standard InChI is InChI=1S/C23H27N3O5/c1-23(2,3)31-22(29)24-15-21(28)26-18-7-5-6-17(14-18)25-20(27)13-10-16-8-11-19(30-4)12-9-16/h5-14H,15H2,1-4H3,(H,24,29)(H,25,27)(H,26,28)/b13-10+. The zero-order chi connectivity index (χ0) is 22.9. The Hall–Kier alpha value is -3.81. The molecule has 0 radical (unpaired) electrons. The first-order chi connectivity index (χ1) is 14.6. The van der Waals surface area contributed by atoms with Gasteiger partial charge in [0.25, 0.3) is 0 Å². The molecule has 3 N–H and O–H groups in total. The first-order valence-corrected chi connectivity index (χ1v) is 9.64. The fraction of sp³-hybridized carbons (Fsp3) is 0.261. The van der Waals surface area contributed by atoms with Gasteiger partial charge in [0.1, 0.15) is 17.9 Å². The van der Waals surface area contributed by atoms with Crippen LogP contribution in [0.25, 0.3) is 6.08 Å². The number of ether oxygens (including phenoxy) is 2. The molecule has 0 aliphatic heterocycles. The van der Waals surface area contributed by atoms with Gasteiger partial charge in [0, 0.05) is 17.5 Å². The van der Waals surface area contributed by atoms with E-state index in [-0.39, 0.29) is 12.5 Å². The van der Waals surface area contributed by atoms with E-state index in [0.29, 0.717) is 11.4 Å². The first-order valence-electron chi connectivity index (χ1n) is 9.64. The summed E-state index contributed by atoms with van der Waals surface area (Å²) in [7, 11) is 1.59. The second-order valence-corrected chi connectivity index (χ2v) is 7.58. The minimum atomic E-state index is -0.674. The number of benzene rings is 2. The highest BCUT2D eigenvalue weighted by Gasteiger charge is 2.16. The van der Waals surface area contributed by atoms with Gasteiger partial charge in [-0.1, -0.05) is 18.2 Å². The van der Waals surface area contributed by atoms with Gasteiger partial charge >= 0.3 is 6.09 Å². The van der Waals surface area contributed by atoms with Crippen LogP contribution in [0, 0.1) is 0 Å². The molecule has 2 aromatic carbocycles. The van der Waals surface area contributed by atoms with Gasteiger partial charge in [0.2, 0.25) is 11.8 Å². The van der Waals surface area contributed by atoms with E-state index >= 15 is 0 Å². The van der Waals surface area contributed by atoms with Gasteiger partial charge in [-0.05, 0) is 62.7 Å². The molecule has 0 saturated heterocycles. The van der Waals surface area contributed by atoms with Crippen LogP contribution in [-0.2, 0) is 14.3 Å². The number of carbonyl (C=O) groups excluding carboxylic acids is 3. The van der Waals surface area contributed by atoms with Gasteiger partial charge in [-0.3, -0.25) is 9.59 Å². The van der Waals surface area contributed by atoms with E-state index in [1.54, 1.807) is 70.4 Å². The molecule has 3 amide bonds. The van der Waals surface area contributed by atoms with Crippen LogP contribution in [0.5, 0.6) is 5.75 Å². The highest BCUT2D eigenvalue weighted by Crippen LogP contribution is 2.16. The molecule has 0 bridgehead atoms. The summed E-state index contributed by atoms with van der Waals surface area (Å²) in [5, 5.41) is 7.77. The summed E-state index contributed by atoms with van der Waals surface area (Å²) in [4.78, 5) is 35.8. The molecule has 0 spiro atoms. The van der Waals surface area contributed by atoms with Crippen molar-refractivity contribution in [3.8, 4) is 5.75 Å². The zero-order valence-electron chi connectivity index (χ0n) is 18.0. The summed E-state index contributed by atoms with van der Waals surface area (Å²) in [6.45, 7) is 4.96. The topological polar surface area (TPSA) is 106 Å². The lowest BCUT2D eigenvalue weighted by Gasteiger charge is -2.19. The molecule has 2 rings (SSSR count). The third kappa shape index (κ3) is 9.03. The van der Waals surface area contributed by atoms with Gasteiger partial charge in [0.05, 0.1) is 7.11 Å². The molecule has 2 aromatic rings. The minimum absolute atomic E-state index is 0.240. The van der Waals surface area contributed by atoms with Crippen LogP contribution in [0.1, 0.15) is 26.3 Å². The van der Waals surface area contributed by atoms with Crippen molar-refractivity contribution in [2.75, 3.05) is 24.3 Å². The van der Waals surface area contributed by atoms with Gasteiger partial charge in [0.15, 0.2) is 0 Å². The first kappa shape index (κ1) is 23.5. The lowest BCUT2D eigenvalue weighted by atomic mass is 10.2. The Labute approximate surface area is 181 Å². The molecule has 0 heterocycles. The fourth-order valence-electron chi connectivity index (χ4n) is 2.42. The predicted molar refractivity (Wildman–Crippen MR) is 120 cm³/mol. The molecule has 0 aliphatic carbocycles. The zero-order valence-corrected chi connectivity index (χ0v) is 18.0. The summed E-state index contributed by atoms with van der Waals surface area (Å²) in [6, 6.07) is 14.0. The summed E-state index contributed by atoms with van der Waals surface area (Å²) >= 11 is 0. The maximum absolute atomic E-state index is 12.2. The number of methoxy groups -OCH3 is 1. The number of nitrogens with one attached hydrogen (secondary N) is 3. The van der Waals surface area contributed by atoms with Crippen molar-refractivity contribution in [3.05, 3.63) is 60.2 Å². The smallest absolute Gasteiger partial charge is 0.408 e. The van der Waals surface area contributed by atoms with E-state index in [2.05, 4.69) is 16.0 Å². The van der Waals surface area contributed by atoms with Gasteiger partial charge in [-0.15, -0.1) is 0 Å². The number of carbonyl (C=O) groups is 3. The van der Waals surface area contributed by atoms with Crippen molar-refractivity contribution in [2.45, 2.75) is 26.4 Å². The van der Waals surface area contributed by atoms with Crippen molar-refractivity contribution in [2.24, 2.45) is 0 Å². The molecule has 0 atom stereocenters. The second-order valence-electron chi connectivity index (χ2n) is 7.58. The predicted octanol–water partition coefficient (Wildman–Crippen LogP) is 3.81. The largest absolute Gasteiger partial charge is 0.497 e. The molecule has 0 aliphatic rings. The number of rotatable bonds is 7. The summed E-state index contributed by atoms with van der Waals surface area (Å²) < 4.78 is 10.2. The van der Waals surface area contributed by atoms with E-state index in [0.717, 1.165) is 11.3 Å². The molecule has 164 valence electrons. The monoisotopic (exact) mass is 425 g/mol. The molecule has 8 heteroatoms. The fourth-order valence-corrected chi connectivity index (χ4v) is 2.42.